The minimum Gasteiger partial charge on any atom is -0.345 e. The van der Waals surface area contributed by atoms with Gasteiger partial charge in [-0.2, -0.15) is 0 Å². The van der Waals surface area contributed by atoms with Crippen molar-refractivity contribution in [3.63, 3.8) is 0 Å². The Labute approximate surface area is 148 Å². The highest BCUT2D eigenvalue weighted by Crippen LogP contribution is 2.45. The Balaban J connectivity index is 1.67. The molecule has 1 aliphatic heterocycles. The van der Waals surface area contributed by atoms with Crippen LogP contribution >= 0.6 is 23.5 Å². The standard InChI is InChI=1S/C18H17F2NOS2/c1-11(15-7-6-14(19)10-16(15)20)21-17(22)12-2-4-13(5-3-12)18-23-8-9-24-18/h2-7,10-11,18H,8-9H2,1H3,(H,21,22)/t11-/m0/s1. The third-order valence-electron chi connectivity index (χ3n) is 3.84. The molecule has 126 valence electrons. The largest absolute Gasteiger partial charge is 0.345 e. The molecule has 0 aromatic heterocycles. The summed E-state index contributed by atoms with van der Waals surface area (Å²) in [5.41, 5.74) is 2.00. The summed E-state index contributed by atoms with van der Waals surface area (Å²) >= 11 is 3.82. The molecule has 2 aromatic carbocycles. The molecular weight excluding hydrogens is 348 g/mol. The lowest BCUT2D eigenvalue weighted by molar-refractivity contribution is 0.0939. The molecule has 0 saturated carbocycles. The van der Waals surface area contributed by atoms with Gasteiger partial charge in [-0.15, -0.1) is 23.5 Å². The predicted octanol–water partition coefficient (Wildman–Crippen LogP) is 4.93. The lowest BCUT2D eigenvalue weighted by Gasteiger charge is -2.16. The van der Waals surface area contributed by atoms with Crippen molar-refractivity contribution in [3.05, 3.63) is 70.8 Å². The van der Waals surface area contributed by atoms with Crippen LogP contribution in [0.5, 0.6) is 0 Å². The molecule has 2 aromatic rings. The second-order valence-electron chi connectivity index (χ2n) is 5.56. The van der Waals surface area contributed by atoms with E-state index >= 15 is 0 Å². The van der Waals surface area contributed by atoms with Gasteiger partial charge in [0.25, 0.3) is 5.91 Å². The van der Waals surface area contributed by atoms with Crippen molar-refractivity contribution in [1.29, 1.82) is 0 Å². The first-order valence-electron chi connectivity index (χ1n) is 7.63. The Morgan fingerprint density at radius 1 is 1.12 bits per heavy atom. The van der Waals surface area contributed by atoms with Gasteiger partial charge in [0.1, 0.15) is 11.6 Å². The number of amides is 1. The van der Waals surface area contributed by atoms with Crippen LogP contribution in [-0.4, -0.2) is 17.4 Å². The average molecular weight is 365 g/mol. The van der Waals surface area contributed by atoms with Gasteiger partial charge in [0.2, 0.25) is 0 Å². The van der Waals surface area contributed by atoms with Crippen LogP contribution in [0.1, 0.15) is 39.0 Å². The topological polar surface area (TPSA) is 29.1 Å². The number of carbonyl (C=O) groups is 1. The number of thioether (sulfide) groups is 2. The Kier molecular flexibility index (Phi) is 5.46. The van der Waals surface area contributed by atoms with Crippen molar-refractivity contribution in [3.8, 4) is 0 Å². The third kappa shape index (κ3) is 3.92. The summed E-state index contributed by atoms with van der Waals surface area (Å²) in [5, 5.41) is 2.75. The minimum atomic E-state index is -0.659. The molecule has 1 saturated heterocycles. The molecule has 0 spiro atoms. The Morgan fingerprint density at radius 3 is 2.42 bits per heavy atom. The van der Waals surface area contributed by atoms with Crippen LogP contribution in [0, 0.1) is 11.6 Å². The van der Waals surface area contributed by atoms with E-state index in [1.807, 2.05) is 35.7 Å². The van der Waals surface area contributed by atoms with Crippen molar-refractivity contribution in [2.24, 2.45) is 0 Å². The van der Waals surface area contributed by atoms with Crippen LogP contribution in [-0.2, 0) is 0 Å². The first kappa shape index (κ1) is 17.3. The molecule has 1 aliphatic rings. The van der Waals surface area contributed by atoms with Crippen LogP contribution in [0.15, 0.2) is 42.5 Å². The summed E-state index contributed by atoms with van der Waals surface area (Å²) in [4.78, 5) is 12.3. The minimum absolute atomic E-state index is 0.264. The maximum absolute atomic E-state index is 13.8. The zero-order valence-electron chi connectivity index (χ0n) is 13.1. The third-order valence-corrected chi connectivity index (χ3v) is 6.95. The number of rotatable bonds is 4. The van der Waals surface area contributed by atoms with Crippen molar-refractivity contribution in [2.75, 3.05) is 11.5 Å². The Hall–Kier alpha value is -1.53. The summed E-state index contributed by atoms with van der Waals surface area (Å²) in [6.07, 6.45) is 0. The molecular formula is C18H17F2NOS2. The fourth-order valence-corrected chi connectivity index (χ4v) is 5.41. The molecule has 1 fully saturated rings. The van der Waals surface area contributed by atoms with E-state index in [9.17, 15) is 13.6 Å². The lowest BCUT2D eigenvalue weighted by atomic mass is 10.1. The predicted molar refractivity (Wildman–Crippen MR) is 96.3 cm³/mol. The van der Waals surface area contributed by atoms with E-state index < -0.39 is 17.7 Å². The average Bonchev–Trinajstić information content (AvgIpc) is 3.09. The zero-order chi connectivity index (χ0) is 17.1. The fourth-order valence-electron chi connectivity index (χ4n) is 2.55. The SMILES string of the molecule is C[C@H](NC(=O)c1ccc(C2SCCS2)cc1)c1ccc(F)cc1F. The smallest absolute Gasteiger partial charge is 0.251 e. The van der Waals surface area contributed by atoms with Gasteiger partial charge >= 0.3 is 0 Å². The van der Waals surface area contributed by atoms with E-state index in [2.05, 4.69) is 5.32 Å². The van der Waals surface area contributed by atoms with Crippen LogP contribution in [0.3, 0.4) is 0 Å². The molecule has 1 atom stereocenters. The first-order valence-corrected chi connectivity index (χ1v) is 9.73. The van der Waals surface area contributed by atoms with Gasteiger partial charge in [0.05, 0.1) is 10.6 Å². The number of halogens is 2. The quantitative estimate of drug-likeness (QED) is 0.833. The normalized spacial score (nSPS) is 16.1. The number of benzene rings is 2. The first-order chi connectivity index (χ1) is 11.5. The van der Waals surface area contributed by atoms with E-state index in [0.29, 0.717) is 10.1 Å². The highest BCUT2D eigenvalue weighted by molar-refractivity contribution is 8.19. The number of carbonyl (C=O) groups excluding carboxylic acids is 1. The fraction of sp³-hybridized carbons (Fsp3) is 0.278. The molecule has 0 aliphatic carbocycles. The highest BCUT2D eigenvalue weighted by Gasteiger charge is 2.19. The second-order valence-corrected chi connectivity index (χ2v) is 8.28. The Bertz CT molecular complexity index is 730. The van der Waals surface area contributed by atoms with E-state index in [-0.39, 0.29) is 11.5 Å². The van der Waals surface area contributed by atoms with E-state index in [0.717, 1.165) is 17.6 Å². The van der Waals surface area contributed by atoms with Crippen LogP contribution < -0.4 is 5.32 Å². The van der Waals surface area contributed by atoms with E-state index in [1.54, 1.807) is 19.1 Å². The van der Waals surface area contributed by atoms with Gasteiger partial charge < -0.3 is 5.32 Å². The van der Waals surface area contributed by atoms with E-state index in [1.165, 1.54) is 17.7 Å². The van der Waals surface area contributed by atoms with Crippen LogP contribution in [0.4, 0.5) is 8.78 Å². The number of hydrogen-bond acceptors (Lipinski definition) is 3. The summed E-state index contributed by atoms with van der Waals surface area (Å²) in [5.74, 6) is 0.738. The van der Waals surface area contributed by atoms with Crippen molar-refractivity contribution >= 4 is 29.4 Å². The van der Waals surface area contributed by atoms with Crippen molar-refractivity contribution < 1.29 is 13.6 Å². The van der Waals surface area contributed by atoms with Crippen molar-refractivity contribution in [2.45, 2.75) is 17.5 Å². The maximum atomic E-state index is 13.8. The van der Waals surface area contributed by atoms with Crippen molar-refractivity contribution in [1.82, 2.24) is 5.32 Å². The molecule has 0 radical (unpaired) electrons. The monoisotopic (exact) mass is 365 g/mol. The molecule has 1 N–H and O–H groups in total. The Morgan fingerprint density at radius 2 is 1.79 bits per heavy atom. The zero-order valence-corrected chi connectivity index (χ0v) is 14.7. The molecule has 0 bridgehead atoms. The van der Waals surface area contributed by atoms with E-state index in [4.69, 9.17) is 0 Å². The van der Waals surface area contributed by atoms with Gasteiger partial charge in [0.15, 0.2) is 0 Å². The van der Waals surface area contributed by atoms with Gasteiger partial charge in [-0.1, -0.05) is 18.2 Å². The molecule has 1 heterocycles. The lowest BCUT2D eigenvalue weighted by Crippen LogP contribution is -2.27. The van der Waals surface area contributed by atoms with Gasteiger partial charge in [-0.3, -0.25) is 4.79 Å². The van der Waals surface area contributed by atoms with Gasteiger partial charge in [0, 0.05) is 28.7 Å². The summed E-state index contributed by atoms with van der Waals surface area (Å²) in [6, 6.07) is 10.3. The molecule has 1 amide bonds. The highest BCUT2D eigenvalue weighted by atomic mass is 32.2. The molecule has 2 nitrogen and oxygen atoms in total. The number of nitrogens with one attached hydrogen (secondary N) is 1. The molecule has 3 rings (SSSR count). The molecule has 0 unspecified atom stereocenters. The van der Waals surface area contributed by atoms with Gasteiger partial charge in [-0.25, -0.2) is 8.78 Å². The summed E-state index contributed by atoms with van der Waals surface area (Å²) in [6.45, 7) is 1.67. The van der Waals surface area contributed by atoms with Crippen LogP contribution in [0.25, 0.3) is 0 Å². The summed E-state index contributed by atoms with van der Waals surface area (Å²) < 4.78 is 27.2. The molecule has 6 heteroatoms. The van der Waals surface area contributed by atoms with Crippen LogP contribution in [0.2, 0.25) is 0 Å². The molecule has 24 heavy (non-hydrogen) atoms. The van der Waals surface area contributed by atoms with Gasteiger partial charge in [-0.05, 0) is 30.7 Å². The summed E-state index contributed by atoms with van der Waals surface area (Å²) in [7, 11) is 0. The number of hydrogen-bond donors (Lipinski definition) is 1. The maximum Gasteiger partial charge on any atom is 0.251 e. The second kappa shape index (κ2) is 7.57.